The Hall–Kier alpha value is -3.28. The number of hydrogen-bond acceptors (Lipinski definition) is 7. The van der Waals surface area contributed by atoms with Crippen LogP contribution in [0, 0.1) is 0 Å². The number of benzene rings is 2. The van der Waals surface area contributed by atoms with Crippen molar-refractivity contribution in [2.45, 2.75) is 19.1 Å². The van der Waals surface area contributed by atoms with Gasteiger partial charge in [0.2, 0.25) is 12.7 Å². The average Bonchev–Trinajstić information content (AvgIpc) is 3.32. The lowest BCUT2D eigenvalue weighted by Crippen LogP contribution is -2.44. The Morgan fingerprint density at radius 1 is 1.14 bits per heavy atom. The molecular weight excluding hydrogens is 487 g/mol. The van der Waals surface area contributed by atoms with Crippen molar-refractivity contribution in [3.05, 3.63) is 48.0 Å². The van der Waals surface area contributed by atoms with Crippen LogP contribution in [0.5, 0.6) is 11.5 Å². The molecule has 2 aliphatic heterocycles. The number of likely N-dealkylation sites (N-methyl/N-ethyl adjacent to an activating group) is 1. The molecule has 8 nitrogen and oxygen atoms in total. The minimum atomic E-state index is -4.70. The molecule has 200 valence electrons. The summed E-state index contributed by atoms with van der Waals surface area (Å²) in [5.74, 6) is 0.148. The first-order valence-electron chi connectivity index (χ1n) is 12.2. The molecule has 2 aliphatic rings. The Morgan fingerprint density at radius 2 is 1.84 bits per heavy atom. The number of hydrogen-bond donors (Lipinski definition) is 3. The van der Waals surface area contributed by atoms with Crippen LogP contribution in [-0.2, 0) is 17.5 Å². The zero-order valence-electron chi connectivity index (χ0n) is 20.8. The van der Waals surface area contributed by atoms with Gasteiger partial charge in [-0.15, -0.1) is 0 Å². The molecule has 2 aromatic carbocycles. The van der Waals surface area contributed by atoms with Crippen LogP contribution in [-0.4, -0.2) is 68.8 Å². The lowest BCUT2D eigenvalue weighted by Gasteiger charge is -2.33. The van der Waals surface area contributed by atoms with Crippen LogP contribution < -0.4 is 25.8 Å². The molecule has 1 saturated heterocycles. The first kappa shape index (κ1) is 26.8. The molecule has 0 saturated carbocycles. The number of nitrogens with two attached hydrogens (primary N) is 1. The molecule has 0 spiro atoms. The molecule has 2 aromatic rings. The number of nitrogens with one attached hydrogen (secondary N) is 2. The predicted octanol–water partition coefficient (Wildman–Crippen LogP) is 3.73. The average molecular weight is 520 g/mol. The van der Waals surface area contributed by atoms with Crippen LogP contribution in [0.1, 0.15) is 17.5 Å². The van der Waals surface area contributed by atoms with E-state index in [1.54, 1.807) is 6.07 Å². The zero-order valence-corrected chi connectivity index (χ0v) is 20.8. The molecule has 0 aromatic heterocycles. The number of anilines is 2. The Balaban J connectivity index is 1.90. The lowest BCUT2D eigenvalue weighted by molar-refractivity contribution is -0.138. The van der Waals surface area contributed by atoms with Crippen LogP contribution in [0.15, 0.2) is 36.9 Å². The van der Waals surface area contributed by atoms with E-state index in [9.17, 15) is 18.0 Å². The van der Waals surface area contributed by atoms with E-state index in [-0.39, 0.29) is 35.7 Å². The zero-order chi connectivity index (χ0) is 26.6. The summed E-state index contributed by atoms with van der Waals surface area (Å²) in [5.41, 5.74) is 5.52. The number of piperazine rings is 1. The molecule has 1 amide bonds. The van der Waals surface area contributed by atoms with Crippen molar-refractivity contribution in [1.29, 1.82) is 0 Å². The molecule has 37 heavy (non-hydrogen) atoms. The largest absolute Gasteiger partial charge is 0.454 e. The second-order valence-electron chi connectivity index (χ2n) is 9.11. The molecule has 4 N–H and O–H groups in total. The molecule has 1 fully saturated rings. The summed E-state index contributed by atoms with van der Waals surface area (Å²) in [6, 6.07) is 6.12. The van der Waals surface area contributed by atoms with Gasteiger partial charge >= 0.3 is 6.18 Å². The van der Waals surface area contributed by atoms with Crippen molar-refractivity contribution in [2.24, 2.45) is 5.73 Å². The van der Waals surface area contributed by atoms with Crippen LogP contribution in [0.25, 0.3) is 11.1 Å². The van der Waals surface area contributed by atoms with Crippen molar-refractivity contribution in [3.63, 3.8) is 0 Å². The van der Waals surface area contributed by atoms with E-state index in [1.165, 1.54) is 18.2 Å². The van der Waals surface area contributed by atoms with E-state index in [4.69, 9.17) is 15.2 Å². The maximum Gasteiger partial charge on any atom is 0.417 e. The number of nitrogens with zero attached hydrogens (tertiary/aromatic N) is 2. The number of alkyl halides is 3. The summed E-state index contributed by atoms with van der Waals surface area (Å²) >= 11 is 0. The highest BCUT2D eigenvalue weighted by molar-refractivity contribution is 6.03. The van der Waals surface area contributed by atoms with Crippen molar-refractivity contribution in [3.8, 4) is 22.6 Å². The van der Waals surface area contributed by atoms with E-state index in [1.807, 2.05) is 11.9 Å². The number of amides is 1. The fraction of sp³-hybridized carbons (Fsp3) is 0.423. The molecule has 0 unspecified atom stereocenters. The van der Waals surface area contributed by atoms with Gasteiger partial charge in [0.1, 0.15) is 0 Å². The highest BCUT2D eigenvalue weighted by atomic mass is 19.4. The lowest BCUT2D eigenvalue weighted by atomic mass is 9.91. The SMILES string of the molecule is C=CC(=O)Nc1ccc(CN2CCN(C)CC2)c(C(F)(F)F)c1-c1cc2c(cc1NCCCN)OCO2. The van der Waals surface area contributed by atoms with Crippen LogP contribution in [0.2, 0.25) is 0 Å². The van der Waals surface area contributed by atoms with Gasteiger partial charge in [-0.25, -0.2) is 0 Å². The predicted molar refractivity (Wildman–Crippen MR) is 137 cm³/mol. The molecule has 2 heterocycles. The van der Waals surface area contributed by atoms with Crippen molar-refractivity contribution < 1.29 is 27.4 Å². The van der Waals surface area contributed by atoms with E-state index in [0.717, 1.165) is 19.2 Å². The first-order chi connectivity index (χ1) is 17.7. The summed E-state index contributed by atoms with van der Waals surface area (Å²) in [7, 11) is 1.99. The number of rotatable bonds is 9. The Kier molecular flexibility index (Phi) is 8.25. The Bertz CT molecular complexity index is 1150. The third kappa shape index (κ3) is 6.17. The van der Waals surface area contributed by atoms with Gasteiger partial charge in [0.05, 0.1) is 5.56 Å². The normalized spacial score (nSPS) is 16.0. The second-order valence-corrected chi connectivity index (χ2v) is 9.11. The van der Waals surface area contributed by atoms with Gasteiger partial charge in [0.15, 0.2) is 11.5 Å². The maximum atomic E-state index is 14.9. The molecule has 0 atom stereocenters. The summed E-state index contributed by atoms with van der Waals surface area (Å²) in [6.07, 6.45) is -3.06. The summed E-state index contributed by atoms with van der Waals surface area (Å²) in [5, 5.41) is 5.76. The topological polar surface area (TPSA) is 92.1 Å². The molecule has 4 rings (SSSR count). The van der Waals surface area contributed by atoms with E-state index < -0.39 is 17.6 Å². The minimum absolute atomic E-state index is 0.0279. The molecule has 0 radical (unpaired) electrons. The van der Waals surface area contributed by atoms with Crippen molar-refractivity contribution in [1.82, 2.24) is 9.80 Å². The highest BCUT2D eigenvalue weighted by Crippen LogP contribution is 2.49. The number of ether oxygens (including phenoxy) is 2. The number of fused-ring (bicyclic) bond motifs is 1. The van der Waals surface area contributed by atoms with Gasteiger partial charge in [0, 0.05) is 67.8 Å². The fourth-order valence-electron chi connectivity index (χ4n) is 4.54. The molecule has 0 bridgehead atoms. The number of carbonyl (C=O) groups excluding carboxylic acids is 1. The Labute approximate surface area is 214 Å². The summed E-state index contributed by atoms with van der Waals surface area (Å²) in [4.78, 5) is 16.4. The van der Waals surface area contributed by atoms with Crippen LogP contribution in [0.4, 0.5) is 24.5 Å². The van der Waals surface area contributed by atoms with E-state index >= 15 is 0 Å². The van der Waals surface area contributed by atoms with E-state index in [0.29, 0.717) is 49.8 Å². The Morgan fingerprint density at radius 3 is 2.49 bits per heavy atom. The van der Waals surface area contributed by atoms with E-state index in [2.05, 4.69) is 22.1 Å². The third-order valence-corrected chi connectivity index (χ3v) is 6.49. The van der Waals surface area contributed by atoms with Gasteiger partial charge < -0.3 is 30.7 Å². The van der Waals surface area contributed by atoms with Crippen molar-refractivity contribution >= 4 is 17.3 Å². The van der Waals surface area contributed by atoms with Crippen LogP contribution >= 0.6 is 0 Å². The number of carbonyl (C=O) groups is 1. The number of halogens is 3. The van der Waals surface area contributed by atoms with Gasteiger partial charge in [-0.05, 0) is 43.8 Å². The van der Waals surface area contributed by atoms with Gasteiger partial charge in [-0.1, -0.05) is 12.6 Å². The molecule has 11 heteroatoms. The minimum Gasteiger partial charge on any atom is -0.454 e. The molecule has 0 aliphatic carbocycles. The van der Waals surface area contributed by atoms with Gasteiger partial charge in [-0.2, -0.15) is 13.2 Å². The van der Waals surface area contributed by atoms with Gasteiger partial charge in [0.25, 0.3) is 0 Å². The highest BCUT2D eigenvalue weighted by Gasteiger charge is 2.39. The van der Waals surface area contributed by atoms with Gasteiger partial charge in [-0.3, -0.25) is 9.69 Å². The maximum absolute atomic E-state index is 14.9. The third-order valence-electron chi connectivity index (χ3n) is 6.49. The monoisotopic (exact) mass is 519 g/mol. The second kappa shape index (κ2) is 11.4. The summed E-state index contributed by atoms with van der Waals surface area (Å²) < 4.78 is 55.6. The summed E-state index contributed by atoms with van der Waals surface area (Å²) in [6.45, 7) is 7.28. The standard InChI is InChI=1S/C26H32F3N5O3/c1-3-23(35)32-19-6-5-17(15-34-11-9-33(2)10-12-34)25(26(27,28)29)24(19)18-13-21-22(37-16-36-21)14-20(18)31-8-4-7-30/h3,5-6,13-14,31H,1,4,7-12,15-16,30H2,2H3,(H,32,35). The van der Waals surface area contributed by atoms with Crippen LogP contribution in [0.3, 0.4) is 0 Å². The quantitative estimate of drug-likeness (QED) is 0.344. The first-order valence-corrected chi connectivity index (χ1v) is 12.2. The fourth-order valence-corrected chi connectivity index (χ4v) is 4.54. The smallest absolute Gasteiger partial charge is 0.417 e. The van der Waals surface area contributed by atoms with Crippen molar-refractivity contribution in [2.75, 3.05) is 63.7 Å². The molecular formula is C26H32F3N5O3.